The standard InChI is InChI=1S/C22H27F2N3O3S/c1-22(2,3)30-21(29)26-13-10-16(11-14-26)27-12-4-5-18(27)19(28)25-15-6-8-17(9-7-15)31-20(23)24/h4-9,12,16,20H,10-11,13-14H2,1-3H3,(H,25,28). The average Bonchev–Trinajstić information content (AvgIpc) is 3.18. The number of ether oxygens (including phenoxy) is 1. The summed E-state index contributed by atoms with van der Waals surface area (Å²) in [5.74, 6) is -2.75. The summed E-state index contributed by atoms with van der Waals surface area (Å²) in [7, 11) is 0. The fourth-order valence-electron chi connectivity index (χ4n) is 3.47. The highest BCUT2D eigenvalue weighted by Crippen LogP contribution is 2.28. The Morgan fingerprint density at radius 2 is 1.77 bits per heavy atom. The molecule has 31 heavy (non-hydrogen) atoms. The Labute approximate surface area is 184 Å². The molecule has 0 spiro atoms. The monoisotopic (exact) mass is 451 g/mol. The summed E-state index contributed by atoms with van der Waals surface area (Å²) in [6.07, 6.45) is 2.98. The lowest BCUT2D eigenvalue weighted by atomic mass is 10.0. The van der Waals surface area contributed by atoms with Crippen molar-refractivity contribution in [3.8, 4) is 0 Å². The Morgan fingerprint density at radius 3 is 2.35 bits per heavy atom. The SMILES string of the molecule is CC(C)(C)OC(=O)N1CCC(n2cccc2C(=O)Nc2ccc(SC(F)F)cc2)CC1. The number of rotatable bonds is 5. The van der Waals surface area contributed by atoms with E-state index in [1.807, 2.05) is 37.6 Å². The van der Waals surface area contributed by atoms with Gasteiger partial charge in [0.1, 0.15) is 11.3 Å². The number of halogens is 2. The van der Waals surface area contributed by atoms with Gasteiger partial charge >= 0.3 is 6.09 Å². The van der Waals surface area contributed by atoms with E-state index in [2.05, 4.69) is 5.32 Å². The van der Waals surface area contributed by atoms with Crippen LogP contribution in [-0.4, -0.2) is 45.9 Å². The second kappa shape index (κ2) is 9.72. The van der Waals surface area contributed by atoms with Crippen molar-refractivity contribution in [1.82, 2.24) is 9.47 Å². The van der Waals surface area contributed by atoms with E-state index in [9.17, 15) is 18.4 Å². The lowest BCUT2D eigenvalue weighted by Crippen LogP contribution is -2.42. The molecule has 3 rings (SSSR count). The van der Waals surface area contributed by atoms with Crippen LogP contribution in [-0.2, 0) is 4.74 Å². The maximum absolute atomic E-state index is 12.8. The van der Waals surface area contributed by atoms with Crippen molar-refractivity contribution in [2.45, 2.75) is 55.9 Å². The largest absolute Gasteiger partial charge is 0.444 e. The van der Waals surface area contributed by atoms with Crippen molar-refractivity contribution in [2.75, 3.05) is 18.4 Å². The van der Waals surface area contributed by atoms with E-state index >= 15 is 0 Å². The Balaban J connectivity index is 1.59. The van der Waals surface area contributed by atoms with Gasteiger partial charge in [-0.3, -0.25) is 4.79 Å². The molecule has 9 heteroatoms. The molecule has 2 amide bonds. The predicted octanol–water partition coefficient (Wildman–Crippen LogP) is 5.63. The van der Waals surface area contributed by atoms with Gasteiger partial charge in [0.2, 0.25) is 0 Å². The van der Waals surface area contributed by atoms with Crippen LogP contribution in [0.2, 0.25) is 0 Å². The van der Waals surface area contributed by atoms with Crippen LogP contribution < -0.4 is 5.32 Å². The van der Waals surface area contributed by atoms with Gasteiger partial charge < -0.3 is 19.5 Å². The summed E-state index contributed by atoms with van der Waals surface area (Å²) in [5, 5.41) is 2.82. The second-order valence-corrected chi connectivity index (χ2v) is 9.42. The van der Waals surface area contributed by atoms with Gasteiger partial charge in [-0.05, 0) is 70.0 Å². The number of hydrogen-bond acceptors (Lipinski definition) is 4. The smallest absolute Gasteiger partial charge is 0.410 e. The number of thioether (sulfide) groups is 1. The Bertz CT molecular complexity index is 901. The van der Waals surface area contributed by atoms with Crippen molar-refractivity contribution in [3.63, 3.8) is 0 Å². The quantitative estimate of drug-likeness (QED) is 0.599. The summed E-state index contributed by atoms with van der Waals surface area (Å²) < 4.78 is 32.2. The molecule has 1 aromatic heterocycles. The summed E-state index contributed by atoms with van der Waals surface area (Å²) in [6.45, 7) is 6.64. The van der Waals surface area contributed by atoms with Gasteiger partial charge in [0.05, 0.1) is 0 Å². The molecule has 0 saturated carbocycles. The van der Waals surface area contributed by atoms with Crippen LogP contribution in [0.25, 0.3) is 0 Å². The first-order chi connectivity index (χ1) is 14.6. The lowest BCUT2D eigenvalue weighted by molar-refractivity contribution is 0.0187. The number of alkyl halides is 2. The summed E-state index contributed by atoms with van der Waals surface area (Å²) >= 11 is 0.463. The van der Waals surface area contributed by atoms with Crippen molar-refractivity contribution < 1.29 is 23.1 Å². The summed E-state index contributed by atoms with van der Waals surface area (Å²) in [4.78, 5) is 27.2. The third-order valence-electron chi connectivity index (χ3n) is 4.86. The zero-order valence-corrected chi connectivity index (χ0v) is 18.6. The number of nitrogens with one attached hydrogen (secondary N) is 1. The number of piperidine rings is 1. The van der Waals surface area contributed by atoms with Gasteiger partial charge in [0.15, 0.2) is 0 Å². The molecular formula is C22H27F2N3O3S. The van der Waals surface area contributed by atoms with Crippen LogP contribution in [0.15, 0.2) is 47.5 Å². The van der Waals surface area contributed by atoms with E-state index in [1.54, 1.807) is 35.2 Å². The number of carbonyl (C=O) groups is 2. The fraction of sp³-hybridized carbons (Fsp3) is 0.455. The molecule has 1 aromatic carbocycles. The molecule has 1 N–H and O–H groups in total. The van der Waals surface area contributed by atoms with E-state index in [0.29, 0.717) is 54.0 Å². The van der Waals surface area contributed by atoms with E-state index in [0.717, 1.165) is 0 Å². The summed E-state index contributed by atoms with van der Waals surface area (Å²) in [5.41, 5.74) is 0.522. The number of hydrogen-bond donors (Lipinski definition) is 1. The van der Waals surface area contributed by atoms with Gasteiger partial charge in [-0.1, -0.05) is 11.8 Å². The summed E-state index contributed by atoms with van der Waals surface area (Å²) in [6, 6.07) is 9.98. The minimum atomic E-state index is -2.48. The maximum Gasteiger partial charge on any atom is 0.410 e. The minimum Gasteiger partial charge on any atom is -0.444 e. The van der Waals surface area contributed by atoms with Crippen molar-refractivity contribution >= 4 is 29.4 Å². The van der Waals surface area contributed by atoms with Crippen molar-refractivity contribution in [2.24, 2.45) is 0 Å². The zero-order chi connectivity index (χ0) is 22.6. The molecular weight excluding hydrogens is 424 g/mol. The first-order valence-electron chi connectivity index (χ1n) is 10.1. The van der Waals surface area contributed by atoms with E-state index < -0.39 is 11.4 Å². The molecule has 0 atom stereocenters. The maximum atomic E-state index is 12.8. The highest BCUT2D eigenvalue weighted by molar-refractivity contribution is 7.99. The molecule has 168 valence electrons. The molecule has 2 aromatic rings. The molecule has 0 bridgehead atoms. The first-order valence-corrected chi connectivity index (χ1v) is 11.0. The molecule has 6 nitrogen and oxygen atoms in total. The minimum absolute atomic E-state index is 0.0965. The molecule has 0 radical (unpaired) electrons. The molecule has 0 aliphatic carbocycles. The second-order valence-electron chi connectivity index (χ2n) is 8.36. The number of benzene rings is 1. The van der Waals surface area contributed by atoms with Crippen molar-refractivity contribution in [1.29, 1.82) is 0 Å². The van der Waals surface area contributed by atoms with Crippen LogP contribution in [0.5, 0.6) is 0 Å². The number of nitrogens with zero attached hydrogens (tertiary/aromatic N) is 2. The van der Waals surface area contributed by atoms with Gasteiger partial charge in [-0.25, -0.2) is 4.79 Å². The number of amides is 2. The molecule has 1 aliphatic rings. The molecule has 1 fully saturated rings. The number of anilines is 1. The normalized spacial score (nSPS) is 15.2. The van der Waals surface area contributed by atoms with Gasteiger partial charge in [0, 0.05) is 35.9 Å². The third kappa shape index (κ3) is 6.46. The number of likely N-dealkylation sites (tertiary alicyclic amines) is 1. The van der Waals surface area contributed by atoms with Crippen molar-refractivity contribution in [3.05, 3.63) is 48.3 Å². The lowest BCUT2D eigenvalue weighted by Gasteiger charge is -2.34. The van der Waals surface area contributed by atoms with Gasteiger partial charge in [0.25, 0.3) is 11.7 Å². The van der Waals surface area contributed by atoms with Gasteiger partial charge in [-0.15, -0.1) is 0 Å². The Kier molecular flexibility index (Phi) is 7.25. The Morgan fingerprint density at radius 1 is 1.13 bits per heavy atom. The van der Waals surface area contributed by atoms with Crippen LogP contribution in [0.3, 0.4) is 0 Å². The van der Waals surface area contributed by atoms with Crippen LogP contribution in [0, 0.1) is 0 Å². The van der Waals surface area contributed by atoms with E-state index in [1.165, 1.54) is 0 Å². The highest BCUT2D eigenvalue weighted by Gasteiger charge is 2.28. The highest BCUT2D eigenvalue weighted by atomic mass is 32.2. The average molecular weight is 452 g/mol. The Hall–Kier alpha value is -2.55. The van der Waals surface area contributed by atoms with Crippen LogP contribution in [0.1, 0.15) is 50.1 Å². The van der Waals surface area contributed by atoms with E-state index in [4.69, 9.17) is 4.74 Å². The van der Waals surface area contributed by atoms with E-state index in [-0.39, 0.29) is 18.0 Å². The zero-order valence-electron chi connectivity index (χ0n) is 17.8. The van der Waals surface area contributed by atoms with Crippen LogP contribution in [0.4, 0.5) is 19.3 Å². The van der Waals surface area contributed by atoms with Crippen LogP contribution >= 0.6 is 11.8 Å². The molecule has 1 saturated heterocycles. The fourth-order valence-corrected chi connectivity index (χ4v) is 3.97. The predicted molar refractivity (Wildman–Crippen MR) is 117 cm³/mol. The number of carbonyl (C=O) groups excluding carboxylic acids is 2. The molecule has 0 unspecified atom stereocenters. The third-order valence-corrected chi connectivity index (χ3v) is 5.58. The first kappa shape index (κ1) is 23.1. The molecule has 2 heterocycles. The topological polar surface area (TPSA) is 63.6 Å². The number of aromatic nitrogens is 1. The molecule has 1 aliphatic heterocycles. The van der Waals surface area contributed by atoms with Gasteiger partial charge in [-0.2, -0.15) is 8.78 Å².